The molecule has 0 fully saturated rings. The Bertz CT molecular complexity index is 1200. The van der Waals surface area contributed by atoms with Crippen molar-refractivity contribution in [1.82, 2.24) is 19.9 Å². The number of nitrogen functional groups attached to an aromatic ring is 1. The topological polar surface area (TPSA) is 127 Å². The maximum atomic E-state index is 12.2. The zero-order chi connectivity index (χ0) is 18.8. The second-order valence-corrected chi connectivity index (χ2v) is 5.75. The van der Waals surface area contributed by atoms with Crippen LogP contribution in [0.2, 0.25) is 0 Å². The molecule has 2 aromatic carbocycles. The fourth-order valence-electron chi connectivity index (χ4n) is 2.65. The molecule has 0 spiro atoms. The summed E-state index contributed by atoms with van der Waals surface area (Å²) in [5.74, 6) is 0.0601. The maximum Gasteiger partial charge on any atom is 0.278 e. The van der Waals surface area contributed by atoms with Gasteiger partial charge in [0.2, 0.25) is 0 Å². The van der Waals surface area contributed by atoms with E-state index in [9.17, 15) is 9.59 Å². The highest BCUT2D eigenvalue weighted by Crippen LogP contribution is 2.19. The highest BCUT2D eigenvalue weighted by Gasteiger charge is 2.12. The molecule has 0 atom stereocenters. The van der Waals surface area contributed by atoms with E-state index in [-0.39, 0.29) is 17.1 Å². The van der Waals surface area contributed by atoms with Gasteiger partial charge < -0.3 is 16.0 Å². The van der Waals surface area contributed by atoms with Gasteiger partial charge in [0, 0.05) is 23.6 Å². The number of fused-ring (bicyclic) bond motifs is 1. The van der Waals surface area contributed by atoms with Crippen LogP contribution in [0, 0.1) is 0 Å². The van der Waals surface area contributed by atoms with Gasteiger partial charge in [0.25, 0.3) is 11.5 Å². The fourth-order valence-corrected chi connectivity index (χ4v) is 2.65. The molecule has 8 heteroatoms. The molecule has 0 radical (unpaired) electrons. The number of carbonyl (C=O) groups is 1. The summed E-state index contributed by atoms with van der Waals surface area (Å²) in [6.45, 7) is 0. The summed E-state index contributed by atoms with van der Waals surface area (Å²) in [6, 6.07) is 14.0. The van der Waals surface area contributed by atoms with Crippen molar-refractivity contribution in [3.63, 3.8) is 0 Å². The normalized spacial score (nSPS) is 10.7. The Labute approximate surface area is 153 Å². The monoisotopic (exact) mass is 358 g/mol. The molecule has 0 unspecified atom stereocenters. The number of anilines is 2. The van der Waals surface area contributed by atoms with Crippen LogP contribution in [0.25, 0.3) is 22.3 Å². The molecule has 4 rings (SSSR count). The molecule has 2 heterocycles. The van der Waals surface area contributed by atoms with Gasteiger partial charge >= 0.3 is 0 Å². The van der Waals surface area contributed by atoms with E-state index in [2.05, 4.69) is 25.3 Å². The van der Waals surface area contributed by atoms with Gasteiger partial charge in [-0.2, -0.15) is 0 Å². The predicted molar refractivity (Wildman–Crippen MR) is 102 cm³/mol. The first-order valence-electron chi connectivity index (χ1n) is 8.09. The first-order valence-corrected chi connectivity index (χ1v) is 8.09. The van der Waals surface area contributed by atoms with E-state index in [1.807, 2.05) is 6.07 Å². The van der Waals surface area contributed by atoms with Crippen molar-refractivity contribution in [2.24, 2.45) is 0 Å². The lowest BCUT2D eigenvalue weighted by Gasteiger charge is -2.07. The van der Waals surface area contributed by atoms with Gasteiger partial charge in [-0.15, -0.1) is 0 Å². The van der Waals surface area contributed by atoms with Gasteiger partial charge in [-0.3, -0.25) is 9.59 Å². The Balaban J connectivity index is 1.60. The molecule has 0 aliphatic carbocycles. The largest absolute Gasteiger partial charge is 0.382 e. The first-order chi connectivity index (χ1) is 13.1. The number of carbonyl (C=O) groups excluding carboxylic acids is 1. The minimum atomic E-state index is -0.453. The van der Waals surface area contributed by atoms with Crippen molar-refractivity contribution in [3.8, 4) is 11.4 Å². The van der Waals surface area contributed by atoms with Gasteiger partial charge in [-0.05, 0) is 36.4 Å². The number of para-hydroxylation sites is 1. The molecule has 27 heavy (non-hydrogen) atoms. The molecule has 4 N–H and O–H groups in total. The first kappa shape index (κ1) is 16.4. The highest BCUT2D eigenvalue weighted by molar-refractivity contribution is 6.05. The van der Waals surface area contributed by atoms with Crippen LogP contribution in [0.15, 0.2) is 65.7 Å². The molecule has 0 aliphatic heterocycles. The van der Waals surface area contributed by atoms with Crippen LogP contribution < -0.4 is 16.6 Å². The Morgan fingerprint density at radius 3 is 2.52 bits per heavy atom. The van der Waals surface area contributed by atoms with Crippen molar-refractivity contribution in [2.45, 2.75) is 0 Å². The maximum absolute atomic E-state index is 12.2. The number of H-pyrrole nitrogens is 1. The number of hydrogen-bond donors (Lipinski definition) is 3. The quantitative estimate of drug-likeness (QED) is 0.515. The summed E-state index contributed by atoms with van der Waals surface area (Å²) in [6.07, 6.45) is 2.81. The van der Waals surface area contributed by atoms with Crippen molar-refractivity contribution in [2.75, 3.05) is 11.1 Å². The number of nitrogens with zero attached hydrogens (tertiary/aromatic N) is 3. The van der Waals surface area contributed by atoms with Crippen molar-refractivity contribution < 1.29 is 4.79 Å². The molecule has 0 bridgehead atoms. The fraction of sp³-hybridized carbons (Fsp3) is 0. The lowest BCUT2D eigenvalue weighted by Crippen LogP contribution is -2.16. The van der Waals surface area contributed by atoms with E-state index < -0.39 is 5.91 Å². The minimum Gasteiger partial charge on any atom is -0.382 e. The molecule has 8 nitrogen and oxygen atoms in total. The van der Waals surface area contributed by atoms with Crippen LogP contribution in [-0.4, -0.2) is 25.8 Å². The SMILES string of the molecule is Nc1nccnc1C(=O)Nc1ccc(-c2nc3ccccc3c(=O)[nH]2)cc1. The van der Waals surface area contributed by atoms with E-state index in [1.54, 1.807) is 42.5 Å². The van der Waals surface area contributed by atoms with Crippen molar-refractivity contribution in [1.29, 1.82) is 0 Å². The third-order valence-electron chi connectivity index (χ3n) is 3.97. The summed E-state index contributed by atoms with van der Waals surface area (Å²) in [7, 11) is 0. The summed E-state index contributed by atoms with van der Waals surface area (Å²) >= 11 is 0. The molecule has 2 aromatic heterocycles. The van der Waals surface area contributed by atoms with Crippen LogP contribution in [-0.2, 0) is 0 Å². The van der Waals surface area contributed by atoms with Gasteiger partial charge in [0.15, 0.2) is 11.5 Å². The van der Waals surface area contributed by atoms with E-state index in [1.165, 1.54) is 12.4 Å². The molecular weight excluding hydrogens is 344 g/mol. The van der Waals surface area contributed by atoms with E-state index >= 15 is 0 Å². The summed E-state index contributed by atoms with van der Waals surface area (Å²) in [5, 5.41) is 3.24. The molecular formula is C19H14N6O2. The Kier molecular flexibility index (Phi) is 4.06. The number of benzene rings is 2. The summed E-state index contributed by atoms with van der Waals surface area (Å²) in [5.41, 5.74) is 7.40. The van der Waals surface area contributed by atoms with Crippen LogP contribution >= 0.6 is 0 Å². The Hall–Kier alpha value is -4.07. The van der Waals surface area contributed by atoms with Crippen LogP contribution in [0.3, 0.4) is 0 Å². The smallest absolute Gasteiger partial charge is 0.278 e. The number of aromatic nitrogens is 4. The second kappa shape index (κ2) is 6.68. The average molecular weight is 358 g/mol. The lowest BCUT2D eigenvalue weighted by atomic mass is 10.1. The standard InChI is InChI=1S/C19H14N6O2/c20-16-15(21-9-10-22-16)19(27)23-12-7-5-11(6-8-12)17-24-14-4-2-1-3-13(14)18(26)25-17/h1-10H,(H2,20,22)(H,23,27)(H,24,25,26). The third-order valence-corrected chi connectivity index (χ3v) is 3.97. The zero-order valence-electron chi connectivity index (χ0n) is 14.0. The van der Waals surface area contributed by atoms with Gasteiger partial charge in [0.05, 0.1) is 10.9 Å². The van der Waals surface area contributed by atoms with Crippen LogP contribution in [0.1, 0.15) is 10.5 Å². The van der Waals surface area contributed by atoms with Gasteiger partial charge in [-0.1, -0.05) is 12.1 Å². The number of rotatable bonds is 3. The number of nitrogens with one attached hydrogen (secondary N) is 2. The van der Waals surface area contributed by atoms with Crippen molar-refractivity contribution >= 4 is 28.3 Å². The second-order valence-electron chi connectivity index (χ2n) is 5.75. The van der Waals surface area contributed by atoms with Crippen molar-refractivity contribution in [3.05, 3.63) is 77.0 Å². The zero-order valence-corrected chi connectivity index (χ0v) is 14.0. The van der Waals surface area contributed by atoms with Crippen LogP contribution in [0.4, 0.5) is 11.5 Å². The average Bonchev–Trinajstić information content (AvgIpc) is 2.69. The predicted octanol–water partition coefficient (Wildman–Crippen LogP) is 2.21. The Morgan fingerprint density at radius 1 is 1.00 bits per heavy atom. The van der Waals surface area contributed by atoms with E-state index in [0.717, 1.165) is 5.56 Å². The number of aromatic amines is 1. The highest BCUT2D eigenvalue weighted by atomic mass is 16.2. The minimum absolute atomic E-state index is 0.0575. The molecule has 132 valence electrons. The van der Waals surface area contributed by atoms with Crippen LogP contribution in [0.5, 0.6) is 0 Å². The number of nitrogens with two attached hydrogens (primary N) is 1. The third kappa shape index (κ3) is 3.23. The number of amides is 1. The van der Waals surface area contributed by atoms with E-state index in [4.69, 9.17) is 5.73 Å². The summed E-state index contributed by atoms with van der Waals surface area (Å²) < 4.78 is 0. The van der Waals surface area contributed by atoms with Gasteiger partial charge in [0.1, 0.15) is 5.82 Å². The Morgan fingerprint density at radius 2 is 1.74 bits per heavy atom. The number of hydrogen-bond acceptors (Lipinski definition) is 6. The van der Waals surface area contributed by atoms with E-state index in [0.29, 0.717) is 22.4 Å². The summed E-state index contributed by atoms with van der Waals surface area (Å²) in [4.78, 5) is 39.4. The molecule has 4 aromatic rings. The molecule has 0 saturated heterocycles. The molecule has 0 aliphatic rings. The van der Waals surface area contributed by atoms with Gasteiger partial charge in [-0.25, -0.2) is 15.0 Å². The lowest BCUT2D eigenvalue weighted by molar-refractivity contribution is 0.102. The molecule has 0 saturated carbocycles. The molecule has 1 amide bonds.